The Kier molecular flexibility index (Phi) is 4.97. The third-order valence-electron chi connectivity index (χ3n) is 5.95. The fourth-order valence-corrected chi connectivity index (χ4v) is 4.36. The second-order valence-corrected chi connectivity index (χ2v) is 7.69. The van der Waals surface area contributed by atoms with Gasteiger partial charge in [-0.15, -0.1) is 0 Å². The number of rotatable bonds is 5. The lowest BCUT2D eigenvalue weighted by Gasteiger charge is -2.23. The molecule has 2 aromatic carbocycles. The van der Waals surface area contributed by atoms with Crippen molar-refractivity contribution in [2.24, 2.45) is 13.0 Å². The number of nitrogens with zero attached hydrogens (tertiary/aromatic N) is 2. The fraction of sp³-hybridized carbons (Fsp3) is 0.391. The fourth-order valence-electron chi connectivity index (χ4n) is 4.36. The molecule has 0 unspecified atom stereocenters. The Hall–Kier alpha value is -2.62. The van der Waals surface area contributed by atoms with Crippen molar-refractivity contribution in [2.75, 3.05) is 0 Å². The van der Waals surface area contributed by atoms with Crippen molar-refractivity contribution in [3.8, 4) is 0 Å². The average molecular weight is 361 g/mol. The van der Waals surface area contributed by atoms with E-state index in [0.29, 0.717) is 12.5 Å². The van der Waals surface area contributed by atoms with E-state index in [1.54, 1.807) is 0 Å². The van der Waals surface area contributed by atoms with E-state index in [0.717, 1.165) is 40.8 Å². The van der Waals surface area contributed by atoms with Crippen molar-refractivity contribution in [1.82, 2.24) is 14.9 Å². The molecular formula is C23H27N3O. The summed E-state index contributed by atoms with van der Waals surface area (Å²) in [6.07, 6.45) is 4.76. The van der Waals surface area contributed by atoms with Crippen LogP contribution in [-0.2, 0) is 18.4 Å². The molecule has 0 saturated heterocycles. The van der Waals surface area contributed by atoms with E-state index in [9.17, 15) is 4.79 Å². The highest BCUT2D eigenvalue weighted by Crippen LogP contribution is 2.37. The minimum atomic E-state index is -0.0467. The number of amides is 1. The van der Waals surface area contributed by atoms with Crippen molar-refractivity contribution < 1.29 is 4.79 Å². The summed E-state index contributed by atoms with van der Waals surface area (Å²) >= 11 is 0. The molecule has 1 amide bonds. The molecule has 1 atom stereocenters. The van der Waals surface area contributed by atoms with E-state index >= 15 is 0 Å². The highest BCUT2D eigenvalue weighted by atomic mass is 16.1. The highest BCUT2D eigenvalue weighted by Gasteiger charge is 2.31. The van der Waals surface area contributed by atoms with E-state index in [2.05, 4.69) is 45.2 Å². The van der Waals surface area contributed by atoms with Crippen molar-refractivity contribution in [3.05, 3.63) is 65.5 Å². The molecule has 1 N–H and O–H groups in total. The molecule has 4 rings (SSSR count). The largest absolute Gasteiger partial charge is 0.351 e. The molecule has 1 heterocycles. The van der Waals surface area contributed by atoms with E-state index in [1.807, 2.05) is 32.2 Å². The van der Waals surface area contributed by atoms with E-state index in [1.165, 1.54) is 12.8 Å². The second-order valence-electron chi connectivity index (χ2n) is 7.69. The Morgan fingerprint density at radius 3 is 2.67 bits per heavy atom. The topological polar surface area (TPSA) is 46.9 Å². The lowest BCUT2D eigenvalue weighted by molar-refractivity contribution is -0.123. The second kappa shape index (κ2) is 7.55. The van der Waals surface area contributed by atoms with Gasteiger partial charge in [0.05, 0.1) is 17.0 Å². The summed E-state index contributed by atoms with van der Waals surface area (Å²) < 4.78 is 2.09. The zero-order valence-corrected chi connectivity index (χ0v) is 16.1. The number of carbonyl (C=O) groups is 1. The van der Waals surface area contributed by atoms with Crippen molar-refractivity contribution >= 4 is 16.9 Å². The zero-order chi connectivity index (χ0) is 18.8. The maximum atomic E-state index is 13.1. The molecule has 4 heteroatoms. The van der Waals surface area contributed by atoms with Crippen LogP contribution in [0, 0.1) is 12.8 Å². The first-order valence-corrected chi connectivity index (χ1v) is 9.88. The third kappa shape index (κ3) is 3.61. The smallest absolute Gasteiger partial charge is 0.228 e. The Morgan fingerprint density at radius 1 is 1.19 bits per heavy atom. The summed E-state index contributed by atoms with van der Waals surface area (Å²) in [6, 6.07) is 16.5. The summed E-state index contributed by atoms with van der Waals surface area (Å²) in [5.74, 6) is 1.55. The van der Waals surface area contributed by atoms with Crippen LogP contribution in [0.2, 0.25) is 0 Å². The van der Waals surface area contributed by atoms with Gasteiger partial charge in [0.25, 0.3) is 0 Å². The average Bonchev–Trinajstić information content (AvgIpc) is 3.30. The zero-order valence-electron chi connectivity index (χ0n) is 16.1. The lowest BCUT2D eigenvalue weighted by atomic mass is 9.84. The molecule has 0 bridgehead atoms. The molecule has 0 radical (unpaired) electrons. The number of carbonyl (C=O) groups excluding carboxylic acids is 1. The van der Waals surface area contributed by atoms with Gasteiger partial charge >= 0.3 is 0 Å². The minimum Gasteiger partial charge on any atom is -0.351 e. The molecule has 0 spiro atoms. The van der Waals surface area contributed by atoms with Gasteiger partial charge in [-0.3, -0.25) is 4.79 Å². The summed E-state index contributed by atoms with van der Waals surface area (Å²) in [5, 5.41) is 3.19. The van der Waals surface area contributed by atoms with E-state index in [-0.39, 0.29) is 11.8 Å². The van der Waals surface area contributed by atoms with Gasteiger partial charge in [-0.25, -0.2) is 4.98 Å². The molecule has 140 valence electrons. The Bertz CT molecular complexity index is 939. The molecule has 1 aliphatic carbocycles. The van der Waals surface area contributed by atoms with E-state index in [4.69, 9.17) is 0 Å². The van der Waals surface area contributed by atoms with Crippen LogP contribution in [0.25, 0.3) is 11.0 Å². The number of hydrogen-bond acceptors (Lipinski definition) is 2. The number of nitrogens with one attached hydrogen (secondary N) is 1. The quantitative estimate of drug-likeness (QED) is 0.729. The van der Waals surface area contributed by atoms with Gasteiger partial charge in [0.1, 0.15) is 5.82 Å². The predicted octanol–water partition coefficient (Wildman–Crippen LogP) is 4.47. The van der Waals surface area contributed by atoms with Crippen molar-refractivity contribution in [1.29, 1.82) is 0 Å². The Labute approximate surface area is 160 Å². The summed E-state index contributed by atoms with van der Waals surface area (Å²) in [6.45, 7) is 2.55. The van der Waals surface area contributed by atoms with Gasteiger partial charge in [0.2, 0.25) is 5.91 Å². The molecule has 1 saturated carbocycles. The first-order chi connectivity index (χ1) is 13.1. The van der Waals surface area contributed by atoms with Crippen LogP contribution in [0.15, 0.2) is 48.5 Å². The van der Waals surface area contributed by atoms with Crippen LogP contribution in [0.1, 0.15) is 48.6 Å². The molecule has 1 aliphatic rings. The monoisotopic (exact) mass is 361 g/mol. The highest BCUT2D eigenvalue weighted by molar-refractivity contribution is 5.84. The van der Waals surface area contributed by atoms with Gasteiger partial charge < -0.3 is 9.88 Å². The van der Waals surface area contributed by atoms with Crippen LogP contribution in [0.5, 0.6) is 0 Å². The minimum absolute atomic E-state index is 0.0467. The molecule has 1 aromatic heterocycles. The van der Waals surface area contributed by atoms with Crippen LogP contribution in [-0.4, -0.2) is 15.5 Å². The standard InChI is InChI=1S/C23H27N3O/c1-16-25-20-14-17(12-13-21(20)26(16)2)15-24-23(27)22(19-10-6-7-11-19)18-8-4-3-5-9-18/h3-5,8-9,12-14,19,22H,6-7,10-11,15H2,1-2H3,(H,24,27)/t22-/m1/s1. The van der Waals surface area contributed by atoms with Gasteiger partial charge in [-0.05, 0) is 48.9 Å². The van der Waals surface area contributed by atoms with Gasteiger partial charge in [-0.1, -0.05) is 49.2 Å². The van der Waals surface area contributed by atoms with Crippen molar-refractivity contribution in [2.45, 2.75) is 45.1 Å². The SMILES string of the molecule is Cc1nc2cc(CNC(=O)[C@H](c3ccccc3)C3CCCC3)ccc2n1C. The number of hydrogen-bond donors (Lipinski definition) is 1. The summed E-state index contributed by atoms with van der Waals surface area (Å²) in [4.78, 5) is 17.7. The summed E-state index contributed by atoms with van der Waals surface area (Å²) in [5.41, 5.74) is 4.33. The molecule has 3 aromatic rings. The van der Waals surface area contributed by atoms with Gasteiger partial charge in [0.15, 0.2) is 0 Å². The van der Waals surface area contributed by atoms with Crippen LogP contribution >= 0.6 is 0 Å². The lowest BCUT2D eigenvalue weighted by Crippen LogP contribution is -2.32. The van der Waals surface area contributed by atoms with Gasteiger partial charge in [-0.2, -0.15) is 0 Å². The van der Waals surface area contributed by atoms with Crippen molar-refractivity contribution in [3.63, 3.8) is 0 Å². The van der Waals surface area contributed by atoms with Crippen LogP contribution in [0.3, 0.4) is 0 Å². The predicted molar refractivity (Wildman–Crippen MR) is 108 cm³/mol. The molecule has 4 nitrogen and oxygen atoms in total. The maximum absolute atomic E-state index is 13.1. The van der Waals surface area contributed by atoms with E-state index < -0.39 is 0 Å². The molecule has 27 heavy (non-hydrogen) atoms. The number of fused-ring (bicyclic) bond motifs is 1. The Balaban J connectivity index is 1.51. The van der Waals surface area contributed by atoms with Gasteiger partial charge in [0, 0.05) is 13.6 Å². The normalized spacial score (nSPS) is 15.9. The first kappa shape index (κ1) is 17.8. The van der Waals surface area contributed by atoms with Crippen LogP contribution < -0.4 is 5.32 Å². The molecule has 1 fully saturated rings. The molecule has 0 aliphatic heterocycles. The number of aromatic nitrogens is 2. The number of benzene rings is 2. The number of aryl methyl sites for hydroxylation is 2. The van der Waals surface area contributed by atoms with Crippen LogP contribution in [0.4, 0.5) is 0 Å². The Morgan fingerprint density at radius 2 is 1.93 bits per heavy atom. The summed E-state index contributed by atoms with van der Waals surface area (Å²) in [7, 11) is 2.03. The molecular weight excluding hydrogens is 334 g/mol. The maximum Gasteiger partial charge on any atom is 0.228 e. The number of imidazole rings is 1. The third-order valence-corrected chi connectivity index (χ3v) is 5.95. The first-order valence-electron chi connectivity index (χ1n) is 9.88.